The molecule has 0 aromatic heterocycles. The topological polar surface area (TPSA) is 37.3 Å². The third-order valence-corrected chi connectivity index (χ3v) is 6.61. The Morgan fingerprint density at radius 2 is 2.10 bits per heavy atom. The van der Waals surface area contributed by atoms with E-state index in [1.165, 1.54) is 23.1 Å². The lowest BCUT2D eigenvalue weighted by molar-refractivity contribution is -0.134. The second-order valence-electron chi connectivity index (χ2n) is 7.43. The van der Waals surface area contributed by atoms with Crippen LogP contribution < -0.4 is 0 Å². The molecule has 0 radical (unpaired) electrons. The fourth-order valence-electron chi connectivity index (χ4n) is 5.58. The summed E-state index contributed by atoms with van der Waals surface area (Å²) in [5, 5.41) is 9.92. The summed E-state index contributed by atoms with van der Waals surface area (Å²) in [4.78, 5) is 12.4. The van der Waals surface area contributed by atoms with Crippen LogP contribution >= 0.6 is 0 Å². The van der Waals surface area contributed by atoms with Crippen molar-refractivity contribution in [1.82, 2.24) is 0 Å². The Balaban J connectivity index is 1.73. The molecule has 4 rings (SSSR count). The van der Waals surface area contributed by atoms with Gasteiger partial charge in [-0.1, -0.05) is 23.8 Å². The first-order valence-corrected chi connectivity index (χ1v) is 8.39. The van der Waals surface area contributed by atoms with Crippen molar-refractivity contribution in [2.45, 2.75) is 51.4 Å². The molecule has 0 unspecified atom stereocenters. The van der Waals surface area contributed by atoms with E-state index >= 15 is 0 Å². The lowest BCUT2D eigenvalue weighted by Crippen LogP contribution is -2.46. The van der Waals surface area contributed by atoms with Crippen molar-refractivity contribution in [2.24, 2.45) is 17.3 Å². The number of aliphatic hydroxyl groups is 1. The average molecular weight is 284 g/mol. The van der Waals surface area contributed by atoms with Crippen molar-refractivity contribution in [2.75, 3.05) is 6.61 Å². The van der Waals surface area contributed by atoms with Gasteiger partial charge in [-0.25, -0.2) is 0 Å². The van der Waals surface area contributed by atoms with Gasteiger partial charge in [0.2, 0.25) is 0 Å². The molecule has 0 heterocycles. The van der Waals surface area contributed by atoms with Crippen LogP contribution in [0.5, 0.6) is 0 Å². The zero-order chi connectivity index (χ0) is 14.6. The number of aliphatic hydroxyl groups excluding tert-OH is 1. The maximum Gasteiger partial charge on any atom is 0.141 e. The summed E-state index contributed by atoms with van der Waals surface area (Å²) in [6.07, 6.45) is 5.99. The fourth-order valence-corrected chi connectivity index (χ4v) is 5.58. The number of carbonyl (C=O) groups is 1. The van der Waals surface area contributed by atoms with Crippen LogP contribution in [0.4, 0.5) is 0 Å². The van der Waals surface area contributed by atoms with E-state index in [-0.39, 0.29) is 12.0 Å². The molecule has 21 heavy (non-hydrogen) atoms. The zero-order valence-electron chi connectivity index (χ0n) is 12.8. The second kappa shape index (κ2) is 4.67. The van der Waals surface area contributed by atoms with E-state index in [2.05, 4.69) is 25.1 Å². The van der Waals surface area contributed by atoms with Gasteiger partial charge >= 0.3 is 0 Å². The van der Waals surface area contributed by atoms with Gasteiger partial charge < -0.3 is 5.11 Å². The van der Waals surface area contributed by atoms with Gasteiger partial charge in [0, 0.05) is 6.42 Å². The highest BCUT2D eigenvalue weighted by molar-refractivity contribution is 5.87. The first-order valence-electron chi connectivity index (χ1n) is 8.39. The molecule has 2 saturated carbocycles. The maximum atomic E-state index is 12.4. The van der Waals surface area contributed by atoms with Crippen molar-refractivity contribution >= 4 is 5.78 Å². The third kappa shape index (κ3) is 1.78. The zero-order valence-corrected chi connectivity index (χ0v) is 12.8. The van der Waals surface area contributed by atoms with Crippen molar-refractivity contribution < 1.29 is 9.90 Å². The number of benzene rings is 1. The molecule has 2 nitrogen and oxygen atoms in total. The van der Waals surface area contributed by atoms with Gasteiger partial charge in [0.1, 0.15) is 5.78 Å². The predicted molar refractivity (Wildman–Crippen MR) is 82.2 cm³/mol. The van der Waals surface area contributed by atoms with Crippen molar-refractivity contribution in [3.63, 3.8) is 0 Å². The van der Waals surface area contributed by atoms with Gasteiger partial charge in [0.15, 0.2) is 0 Å². The number of hydrogen-bond donors (Lipinski definition) is 1. The van der Waals surface area contributed by atoms with Crippen molar-refractivity contribution in [1.29, 1.82) is 0 Å². The Morgan fingerprint density at radius 3 is 2.90 bits per heavy atom. The van der Waals surface area contributed by atoms with Crippen molar-refractivity contribution in [3.05, 3.63) is 34.9 Å². The van der Waals surface area contributed by atoms with Crippen LogP contribution in [0, 0.1) is 24.2 Å². The van der Waals surface area contributed by atoms with Crippen LogP contribution in [0.15, 0.2) is 18.2 Å². The molecular formula is C19H24O2. The molecule has 1 aromatic rings. The Hall–Kier alpha value is -1.15. The van der Waals surface area contributed by atoms with Gasteiger partial charge in [-0.15, -0.1) is 0 Å². The Bertz CT molecular complexity index is 591. The summed E-state index contributed by atoms with van der Waals surface area (Å²) in [5.41, 5.74) is 4.02. The molecule has 1 aromatic carbocycles. The van der Waals surface area contributed by atoms with E-state index < -0.39 is 0 Å². The van der Waals surface area contributed by atoms with Crippen LogP contribution in [0.25, 0.3) is 0 Å². The van der Waals surface area contributed by atoms with Crippen LogP contribution in [0.3, 0.4) is 0 Å². The van der Waals surface area contributed by atoms with E-state index in [9.17, 15) is 9.90 Å². The van der Waals surface area contributed by atoms with Crippen LogP contribution in [0.1, 0.15) is 54.7 Å². The number of fused-ring (bicyclic) bond motifs is 5. The van der Waals surface area contributed by atoms with E-state index in [1.54, 1.807) is 0 Å². The smallest absolute Gasteiger partial charge is 0.141 e. The van der Waals surface area contributed by atoms with E-state index in [0.29, 0.717) is 30.0 Å². The number of rotatable bonds is 1. The molecule has 2 heteroatoms. The van der Waals surface area contributed by atoms with Gasteiger partial charge in [-0.05, 0) is 67.9 Å². The minimum Gasteiger partial charge on any atom is -0.395 e. The first kappa shape index (κ1) is 13.5. The lowest BCUT2D eigenvalue weighted by atomic mass is 9.55. The normalized spacial score (nSPS) is 37.8. The van der Waals surface area contributed by atoms with Crippen LogP contribution in [-0.4, -0.2) is 17.5 Å². The highest BCUT2D eigenvalue weighted by atomic mass is 16.3. The summed E-state index contributed by atoms with van der Waals surface area (Å²) in [6, 6.07) is 6.90. The predicted octanol–water partition coefficient (Wildman–Crippen LogP) is 3.39. The summed E-state index contributed by atoms with van der Waals surface area (Å²) >= 11 is 0. The SMILES string of the molecule is Cc1ccc2c(c1)CC[C@@H]1[C@@H]2CC[C@]2(CO)C(=O)CC[C@@H]12. The molecule has 2 fully saturated rings. The molecule has 0 spiro atoms. The molecule has 0 aliphatic heterocycles. The Kier molecular flexibility index (Phi) is 3.01. The molecule has 0 bridgehead atoms. The van der Waals surface area contributed by atoms with Gasteiger partial charge in [0.05, 0.1) is 12.0 Å². The molecule has 3 aliphatic rings. The number of carbonyl (C=O) groups excluding carboxylic acids is 1. The van der Waals surface area contributed by atoms with Gasteiger partial charge in [-0.3, -0.25) is 4.79 Å². The van der Waals surface area contributed by atoms with Crippen LogP contribution in [0.2, 0.25) is 0 Å². The van der Waals surface area contributed by atoms with E-state index in [0.717, 1.165) is 25.7 Å². The summed E-state index contributed by atoms with van der Waals surface area (Å²) in [5.74, 6) is 1.98. The van der Waals surface area contributed by atoms with Gasteiger partial charge in [0.25, 0.3) is 0 Å². The quantitative estimate of drug-likeness (QED) is 0.858. The molecule has 1 N–H and O–H groups in total. The Morgan fingerprint density at radius 1 is 1.24 bits per heavy atom. The molecule has 3 aliphatic carbocycles. The van der Waals surface area contributed by atoms with E-state index in [4.69, 9.17) is 0 Å². The molecular weight excluding hydrogens is 260 g/mol. The lowest BCUT2D eigenvalue weighted by Gasteiger charge is -2.49. The number of hydrogen-bond acceptors (Lipinski definition) is 2. The summed E-state index contributed by atoms with van der Waals surface area (Å²) in [7, 11) is 0. The maximum absolute atomic E-state index is 12.4. The average Bonchev–Trinajstić information content (AvgIpc) is 2.84. The minimum atomic E-state index is -0.386. The minimum absolute atomic E-state index is 0.0699. The summed E-state index contributed by atoms with van der Waals surface area (Å²) in [6.45, 7) is 2.24. The number of ketones is 1. The van der Waals surface area contributed by atoms with Gasteiger partial charge in [-0.2, -0.15) is 0 Å². The Labute approximate surface area is 126 Å². The fraction of sp³-hybridized carbons (Fsp3) is 0.632. The van der Waals surface area contributed by atoms with Crippen LogP contribution in [-0.2, 0) is 11.2 Å². The second-order valence-corrected chi connectivity index (χ2v) is 7.43. The number of Topliss-reactive ketones (excluding diaryl/α,β-unsaturated/α-hetero) is 1. The number of aryl methyl sites for hydroxylation is 2. The monoisotopic (exact) mass is 284 g/mol. The molecule has 112 valence electrons. The molecule has 4 atom stereocenters. The highest BCUT2D eigenvalue weighted by Crippen LogP contribution is 2.59. The molecule has 0 saturated heterocycles. The third-order valence-electron chi connectivity index (χ3n) is 6.61. The standard InChI is InChI=1S/C19H24O2/c1-12-2-4-14-13(10-12)3-5-16-15(14)8-9-19(11-20)17(16)6-7-18(19)21/h2,4,10,15-17,20H,3,5-9,11H2,1H3/t15-,16-,17+,19-/m1/s1. The highest BCUT2D eigenvalue weighted by Gasteiger charge is 2.56. The summed E-state index contributed by atoms with van der Waals surface area (Å²) < 4.78 is 0. The van der Waals surface area contributed by atoms with Crippen molar-refractivity contribution in [3.8, 4) is 0 Å². The largest absolute Gasteiger partial charge is 0.395 e. The molecule has 0 amide bonds. The first-order chi connectivity index (χ1) is 10.2. The van der Waals surface area contributed by atoms with E-state index in [1.807, 2.05) is 0 Å².